The molecule has 1 saturated heterocycles. The van der Waals surface area contributed by atoms with Crippen molar-refractivity contribution in [1.29, 1.82) is 0 Å². The molecule has 5 heteroatoms. The normalized spacial score (nSPS) is 26.8. The molecule has 2 atom stereocenters. The van der Waals surface area contributed by atoms with Crippen LogP contribution in [0.2, 0.25) is 0 Å². The van der Waals surface area contributed by atoms with E-state index in [1.807, 2.05) is 6.92 Å². The Morgan fingerprint density at radius 2 is 1.62 bits per heavy atom. The zero-order chi connectivity index (χ0) is 15.5. The monoisotopic (exact) mass is 298 g/mol. The highest BCUT2D eigenvalue weighted by Gasteiger charge is 2.56. The lowest BCUT2D eigenvalue weighted by atomic mass is 9.70. The van der Waals surface area contributed by atoms with Gasteiger partial charge in [0.15, 0.2) is 5.41 Å². The molecule has 0 bridgehead atoms. The van der Waals surface area contributed by atoms with E-state index in [-0.39, 0.29) is 18.1 Å². The van der Waals surface area contributed by atoms with Crippen molar-refractivity contribution in [1.82, 2.24) is 0 Å². The van der Waals surface area contributed by atoms with E-state index in [0.717, 1.165) is 38.5 Å². The van der Waals surface area contributed by atoms with E-state index < -0.39 is 17.4 Å². The van der Waals surface area contributed by atoms with Crippen molar-refractivity contribution in [2.45, 2.75) is 64.1 Å². The van der Waals surface area contributed by atoms with Crippen LogP contribution in [0.5, 0.6) is 0 Å². The number of esters is 2. The first-order chi connectivity index (χ1) is 10.0. The van der Waals surface area contributed by atoms with Gasteiger partial charge in [-0.25, -0.2) is 0 Å². The largest absolute Gasteiger partial charge is 0.468 e. The Bertz CT molecular complexity index is 370. The van der Waals surface area contributed by atoms with Crippen LogP contribution in [0.4, 0.5) is 0 Å². The van der Waals surface area contributed by atoms with Crippen molar-refractivity contribution < 1.29 is 23.8 Å². The SMILES string of the molecule is COC(=O)C(CC1CCC(C)O1)(C(=O)OC)C1CCCC1. The van der Waals surface area contributed by atoms with Gasteiger partial charge in [-0.1, -0.05) is 12.8 Å². The minimum absolute atomic E-state index is 0.00286. The van der Waals surface area contributed by atoms with Crippen LogP contribution < -0.4 is 0 Å². The summed E-state index contributed by atoms with van der Waals surface area (Å²) in [6, 6.07) is 0. The number of hydrogen-bond donors (Lipinski definition) is 0. The van der Waals surface area contributed by atoms with Gasteiger partial charge in [0.05, 0.1) is 26.4 Å². The summed E-state index contributed by atoms with van der Waals surface area (Å²) in [4.78, 5) is 25.0. The Balaban J connectivity index is 2.29. The highest BCUT2D eigenvalue weighted by Crippen LogP contribution is 2.46. The first-order valence-corrected chi connectivity index (χ1v) is 7.87. The molecule has 1 heterocycles. The third kappa shape index (κ3) is 3.07. The second-order valence-corrected chi connectivity index (χ2v) is 6.29. The zero-order valence-corrected chi connectivity index (χ0v) is 13.2. The van der Waals surface area contributed by atoms with E-state index in [1.165, 1.54) is 14.2 Å². The van der Waals surface area contributed by atoms with Gasteiger partial charge in [0, 0.05) is 6.42 Å². The number of rotatable bonds is 5. The minimum atomic E-state index is -1.20. The molecular formula is C16H26O5. The lowest BCUT2D eigenvalue weighted by Crippen LogP contribution is -2.48. The summed E-state index contributed by atoms with van der Waals surface area (Å²) in [5, 5.41) is 0. The topological polar surface area (TPSA) is 61.8 Å². The van der Waals surface area contributed by atoms with Crippen LogP contribution in [0, 0.1) is 11.3 Å². The Kier molecular flexibility index (Phi) is 5.25. The van der Waals surface area contributed by atoms with Crippen molar-refractivity contribution in [3.63, 3.8) is 0 Å². The third-order valence-corrected chi connectivity index (χ3v) is 5.02. The first-order valence-electron chi connectivity index (χ1n) is 7.87. The van der Waals surface area contributed by atoms with Crippen molar-refractivity contribution in [3.8, 4) is 0 Å². The van der Waals surface area contributed by atoms with Crippen molar-refractivity contribution in [3.05, 3.63) is 0 Å². The molecular weight excluding hydrogens is 272 g/mol. The van der Waals surface area contributed by atoms with Gasteiger partial charge in [0.1, 0.15) is 0 Å². The van der Waals surface area contributed by atoms with E-state index in [0.29, 0.717) is 6.42 Å². The zero-order valence-electron chi connectivity index (χ0n) is 13.2. The van der Waals surface area contributed by atoms with Gasteiger partial charge in [-0.2, -0.15) is 0 Å². The van der Waals surface area contributed by atoms with E-state index in [2.05, 4.69) is 0 Å². The fraction of sp³-hybridized carbons (Fsp3) is 0.875. The molecule has 0 aromatic heterocycles. The summed E-state index contributed by atoms with van der Waals surface area (Å²) in [5.41, 5.74) is -1.20. The summed E-state index contributed by atoms with van der Waals surface area (Å²) in [6.07, 6.45) is 6.16. The smallest absolute Gasteiger partial charge is 0.323 e. The van der Waals surface area contributed by atoms with E-state index >= 15 is 0 Å². The molecule has 0 spiro atoms. The maximum Gasteiger partial charge on any atom is 0.323 e. The number of carbonyl (C=O) groups excluding carboxylic acids is 2. The quantitative estimate of drug-likeness (QED) is 0.576. The number of methoxy groups -OCH3 is 2. The van der Waals surface area contributed by atoms with Crippen molar-refractivity contribution in [2.75, 3.05) is 14.2 Å². The van der Waals surface area contributed by atoms with Gasteiger partial charge in [-0.15, -0.1) is 0 Å². The molecule has 0 aromatic rings. The molecule has 0 amide bonds. The van der Waals surface area contributed by atoms with Crippen LogP contribution in [-0.4, -0.2) is 38.4 Å². The molecule has 0 N–H and O–H groups in total. The average Bonchev–Trinajstić information content (AvgIpc) is 3.14. The fourth-order valence-corrected chi connectivity index (χ4v) is 3.93. The summed E-state index contributed by atoms with van der Waals surface area (Å²) in [5.74, 6) is -0.939. The second-order valence-electron chi connectivity index (χ2n) is 6.29. The average molecular weight is 298 g/mol. The van der Waals surface area contributed by atoms with Crippen LogP contribution in [0.1, 0.15) is 51.9 Å². The highest BCUT2D eigenvalue weighted by atomic mass is 16.5. The lowest BCUT2D eigenvalue weighted by molar-refractivity contribution is -0.177. The number of carbonyl (C=O) groups is 2. The van der Waals surface area contributed by atoms with Gasteiger partial charge in [-0.3, -0.25) is 9.59 Å². The predicted octanol–water partition coefficient (Wildman–Crippen LogP) is 2.47. The van der Waals surface area contributed by atoms with Gasteiger partial charge in [0.2, 0.25) is 0 Å². The Morgan fingerprint density at radius 1 is 1.05 bits per heavy atom. The molecule has 5 nitrogen and oxygen atoms in total. The lowest BCUT2D eigenvalue weighted by Gasteiger charge is -2.35. The minimum Gasteiger partial charge on any atom is -0.468 e. The molecule has 2 rings (SSSR count). The highest BCUT2D eigenvalue weighted by molar-refractivity contribution is 6.00. The number of hydrogen-bond acceptors (Lipinski definition) is 5. The molecule has 0 radical (unpaired) electrons. The molecule has 21 heavy (non-hydrogen) atoms. The fourth-order valence-electron chi connectivity index (χ4n) is 3.93. The van der Waals surface area contributed by atoms with Crippen LogP contribution in [0.25, 0.3) is 0 Å². The Hall–Kier alpha value is -1.10. The molecule has 1 saturated carbocycles. The Morgan fingerprint density at radius 3 is 2.05 bits per heavy atom. The van der Waals surface area contributed by atoms with E-state index in [4.69, 9.17) is 14.2 Å². The van der Waals surface area contributed by atoms with E-state index in [9.17, 15) is 9.59 Å². The van der Waals surface area contributed by atoms with Crippen LogP contribution >= 0.6 is 0 Å². The number of ether oxygens (including phenoxy) is 3. The molecule has 1 aliphatic heterocycles. The third-order valence-electron chi connectivity index (χ3n) is 5.02. The summed E-state index contributed by atoms with van der Waals surface area (Å²) in [7, 11) is 2.68. The molecule has 120 valence electrons. The predicted molar refractivity (Wildman–Crippen MR) is 76.6 cm³/mol. The maximum absolute atomic E-state index is 12.5. The Labute approximate surface area is 126 Å². The molecule has 1 aliphatic carbocycles. The summed E-state index contributed by atoms with van der Waals surface area (Å²) < 4.78 is 15.8. The molecule has 2 aliphatic rings. The van der Waals surface area contributed by atoms with Gasteiger partial charge in [-0.05, 0) is 38.5 Å². The van der Waals surface area contributed by atoms with E-state index in [1.54, 1.807) is 0 Å². The second kappa shape index (κ2) is 6.77. The molecule has 2 fully saturated rings. The standard InChI is InChI=1S/C16H26O5/c1-11-8-9-13(21-11)10-16(14(17)19-2,15(18)20-3)12-6-4-5-7-12/h11-13H,4-10H2,1-3H3. The molecule has 2 unspecified atom stereocenters. The van der Waals surface area contributed by atoms with Crippen LogP contribution in [0.15, 0.2) is 0 Å². The van der Waals surface area contributed by atoms with Crippen LogP contribution in [-0.2, 0) is 23.8 Å². The van der Waals surface area contributed by atoms with Gasteiger partial charge >= 0.3 is 11.9 Å². The first kappa shape index (κ1) is 16.3. The summed E-state index contributed by atoms with van der Waals surface area (Å²) >= 11 is 0. The van der Waals surface area contributed by atoms with Gasteiger partial charge < -0.3 is 14.2 Å². The van der Waals surface area contributed by atoms with Gasteiger partial charge in [0.25, 0.3) is 0 Å². The summed E-state index contributed by atoms with van der Waals surface area (Å²) in [6.45, 7) is 2.02. The van der Waals surface area contributed by atoms with Crippen LogP contribution in [0.3, 0.4) is 0 Å². The van der Waals surface area contributed by atoms with Crippen molar-refractivity contribution in [2.24, 2.45) is 11.3 Å². The van der Waals surface area contributed by atoms with Crippen molar-refractivity contribution >= 4 is 11.9 Å². The maximum atomic E-state index is 12.5. The molecule has 0 aromatic carbocycles.